The third-order valence-corrected chi connectivity index (χ3v) is 4.14. The smallest absolute Gasteiger partial charge is 0.326 e. The van der Waals surface area contributed by atoms with E-state index in [2.05, 4.69) is 15.5 Å². The Bertz CT molecular complexity index is 698. The summed E-state index contributed by atoms with van der Waals surface area (Å²) < 4.78 is 1.48. The molecule has 2 heterocycles. The van der Waals surface area contributed by atoms with E-state index in [0.717, 1.165) is 12.1 Å². The second kappa shape index (κ2) is 6.15. The van der Waals surface area contributed by atoms with Crippen LogP contribution in [-0.4, -0.2) is 54.7 Å². The quantitative estimate of drug-likeness (QED) is 0.906. The number of carboxylic acid groups (broad SMARTS) is 1. The summed E-state index contributed by atoms with van der Waals surface area (Å²) in [4.78, 5) is 25.5. The van der Waals surface area contributed by atoms with Crippen LogP contribution in [-0.2, 0) is 4.79 Å². The first-order valence-electron chi connectivity index (χ1n) is 7.43. The molecule has 120 valence electrons. The van der Waals surface area contributed by atoms with Crippen molar-refractivity contribution in [3.63, 3.8) is 0 Å². The van der Waals surface area contributed by atoms with E-state index >= 15 is 0 Å². The molecule has 0 saturated carbocycles. The van der Waals surface area contributed by atoms with Gasteiger partial charge >= 0.3 is 5.97 Å². The van der Waals surface area contributed by atoms with Gasteiger partial charge in [-0.05, 0) is 53.5 Å². The van der Waals surface area contributed by atoms with Crippen molar-refractivity contribution in [3.05, 3.63) is 36.2 Å². The fourth-order valence-corrected chi connectivity index (χ4v) is 2.82. The van der Waals surface area contributed by atoms with Gasteiger partial charge in [-0.2, -0.15) is 0 Å². The van der Waals surface area contributed by atoms with Gasteiger partial charge < -0.3 is 10.0 Å². The number of benzene rings is 1. The van der Waals surface area contributed by atoms with Gasteiger partial charge in [0.25, 0.3) is 5.91 Å². The van der Waals surface area contributed by atoms with Crippen molar-refractivity contribution in [2.45, 2.75) is 25.8 Å². The predicted molar refractivity (Wildman–Crippen MR) is 80.0 cm³/mol. The van der Waals surface area contributed by atoms with Gasteiger partial charge in [0, 0.05) is 12.1 Å². The fourth-order valence-electron chi connectivity index (χ4n) is 2.82. The Labute approximate surface area is 132 Å². The fraction of sp³-hybridized carbons (Fsp3) is 0.400. The zero-order valence-electron chi connectivity index (χ0n) is 12.7. The first-order valence-corrected chi connectivity index (χ1v) is 7.43. The van der Waals surface area contributed by atoms with Gasteiger partial charge in [0.05, 0.1) is 5.69 Å². The molecule has 2 unspecified atom stereocenters. The van der Waals surface area contributed by atoms with Crippen LogP contribution >= 0.6 is 0 Å². The lowest BCUT2D eigenvalue weighted by atomic mass is 9.92. The molecule has 0 radical (unpaired) electrons. The van der Waals surface area contributed by atoms with E-state index in [0.29, 0.717) is 24.4 Å². The van der Waals surface area contributed by atoms with E-state index in [1.165, 1.54) is 15.9 Å². The number of carbonyl (C=O) groups excluding carboxylic acids is 1. The van der Waals surface area contributed by atoms with E-state index in [9.17, 15) is 14.7 Å². The molecule has 1 aliphatic rings. The predicted octanol–water partition coefficient (Wildman–Crippen LogP) is 0.988. The van der Waals surface area contributed by atoms with Crippen molar-refractivity contribution in [2.75, 3.05) is 6.54 Å². The van der Waals surface area contributed by atoms with E-state index in [1.807, 2.05) is 6.92 Å². The van der Waals surface area contributed by atoms with Gasteiger partial charge in [0.15, 0.2) is 0 Å². The third-order valence-electron chi connectivity index (χ3n) is 4.14. The highest BCUT2D eigenvalue weighted by atomic mass is 16.4. The maximum Gasteiger partial charge on any atom is 0.326 e. The lowest BCUT2D eigenvalue weighted by Crippen LogP contribution is -2.49. The van der Waals surface area contributed by atoms with Crippen LogP contribution in [0.25, 0.3) is 5.69 Å². The molecule has 8 nitrogen and oxygen atoms in total. The molecule has 2 aromatic rings. The molecule has 1 N–H and O–H groups in total. The van der Waals surface area contributed by atoms with Gasteiger partial charge in [0.1, 0.15) is 12.4 Å². The number of likely N-dealkylation sites (tertiary alicyclic amines) is 1. The van der Waals surface area contributed by atoms with Gasteiger partial charge in [-0.3, -0.25) is 4.79 Å². The van der Waals surface area contributed by atoms with Crippen molar-refractivity contribution in [3.8, 4) is 5.69 Å². The minimum absolute atomic E-state index is 0.257. The molecule has 3 rings (SSSR count). The van der Waals surface area contributed by atoms with E-state index in [1.54, 1.807) is 24.3 Å². The number of aliphatic carboxylic acids is 1. The van der Waals surface area contributed by atoms with E-state index in [-0.39, 0.29) is 5.91 Å². The highest BCUT2D eigenvalue weighted by Crippen LogP contribution is 2.24. The summed E-state index contributed by atoms with van der Waals surface area (Å²) in [5, 5.41) is 20.3. The Morgan fingerprint density at radius 3 is 2.61 bits per heavy atom. The molecule has 1 aromatic carbocycles. The first-order chi connectivity index (χ1) is 11.1. The number of amides is 1. The Hall–Kier alpha value is -2.77. The molecule has 1 aliphatic heterocycles. The van der Waals surface area contributed by atoms with Crippen LogP contribution in [0, 0.1) is 5.92 Å². The summed E-state index contributed by atoms with van der Waals surface area (Å²) in [6.45, 7) is 2.48. The first kappa shape index (κ1) is 15.1. The Balaban J connectivity index is 1.80. The van der Waals surface area contributed by atoms with Crippen LogP contribution in [0.5, 0.6) is 0 Å². The molecule has 2 atom stereocenters. The minimum Gasteiger partial charge on any atom is -0.480 e. The number of rotatable bonds is 3. The average molecular weight is 315 g/mol. The highest BCUT2D eigenvalue weighted by molar-refractivity contribution is 5.96. The summed E-state index contributed by atoms with van der Waals surface area (Å²) >= 11 is 0. The number of carboxylic acids is 1. The molecule has 0 spiro atoms. The second-order valence-electron chi connectivity index (χ2n) is 5.78. The van der Waals surface area contributed by atoms with Crippen LogP contribution in [0.3, 0.4) is 0 Å². The van der Waals surface area contributed by atoms with Crippen molar-refractivity contribution >= 4 is 11.9 Å². The maximum atomic E-state index is 12.6. The summed E-state index contributed by atoms with van der Waals surface area (Å²) in [6.07, 6.45) is 2.77. The normalized spacial score (nSPS) is 21.2. The monoisotopic (exact) mass is 315 g/mol. The number of aromatic nitrogens is 4. The number of carbonyl (C=O) groups is 2. The molecule has 1 aromatic heterocycles. The number of piperidine rings is 1. The zero-order chi connectivity index (χ0) is 16.4. The largest absolute Gasteiger partial charge is 0.480 e. The number of nitrogens with zero attached hydrogens (tertiary/aromatic N) is 5. The molecule has 8 heteroatoms. The van der Waals surface area contributed by atoms with Crippen molar-refractivity contribution in [1.29, 1.82) is 0 Å². The number of hydrogen-bond donors (Lipinski definition) is 1. The highest BCUT2D eigenvalue weighted by Gasteiger charge is 2.35. The molecule has 1 fully saturated rings. The van der Waals surface area contributed by atoms with Crippen molar-refractivity contribution < 1.29 is 14.7 Å². The van der Waals surface area contributed by atoms with E-state index < -0.39 is 12.0 Å². The average Bonchev–Trinajstić information content (AvgIpc) is 3.09. The zero-order valence-corrected chi connectivity index (χ0v) is 12.7. The second-order valence-corrected chi connectivity index (χ2v) is 5.78. The molecule has 0 aliphatic carbocycles. The Kier molecular flexibility index (Phi) is 4.05. The van der Waals surface area contributed by atoms with Crippen LogP contribution in [0.15, 0.2) is 30.6 Å². The molecule has 23 heavy (non-hydrogen) atoms. The van der Waals surface area contributed by atoms with E-state index in [4.69, 9.17) is 0 Å². The van der Waals surface area contributed by atoms with Gasteiger partial charge in [-0.15, -0.1) is 5.10 Å². The van der Waals surface area contributed by atoms with Crippen LogP contribution < -0.4 is 0 Å². The van der Waals surface area contributed by atoms with Gasteiger partial charge in [-0.1, -0.05) is 6.92 Å². The Morgan fingerprint density at radius 1 is 1.26 bits per heavy atom. The van der Waals surface area contributed by atoms with Gasteiger partial charge in [0.2, 0.25) is 0 Å². The van der Waals surface area contributed by atoms with Crippen LogP contribution in [0.1, 0.15) is 30.1 Å². The SMILES string of the molecule is CC1CCN(C(=O)c2ccc(-n3cnnn3)cc2)C(C(=O)O)C1. The maximum absolute atomic E-state index is 12.6. The lowest BCUT2D eigenvalue weighted by Gasteiger charge is -2.36. The number of hydrogen-bond acceptors (Lipinski definition) is 5. The lowest BCUT2D eigenvalue weighted by molar-refractivity contribution is -0.144. The van der Waals surface area contributed by atoms with Crippen LogP contribution in [0.4, 0.5) is 0 Å². The summed E-state index contributed by atoms with van der Waals surface area (Å²) in [6, 6.07) is 6.02. The summed E-state index contributed by atoms with van der Waals surface area (Å²) in [5.74, 6) is -0.898. The molecule has 1 saturated heterocycles. The number of tetrazole rings is 1. The van der Waals surface area contributed by atoms with Gasteiger partial charge in [-0.25, -0.2) is 9.48 Å². The minimum atomic E-state index is -0.949. The third kappa shape index (κ3) is 3.05. The van der Waals surface area contributed by atoms with Crippen LogP contribution in [0.2, 0.25) is 0 Å². The summed E-state index contributed by atoms with van der Waals surface area (Å²) in [5.41, 5.74) is 1.19. The molecule has 0 bridgehead atoms. The molecular formula is C15H17N5O3. The van der Waals surface area contributed by atoms with Crippen molar-refractivity contribution in [1.82, 2.24) is 25.1 Å². The Morgan fingerprint density at radius 2 is 2.00 bits per heavy atom. The standard InChI is InChI=1S/C15H17N5O3/c1-10-6-7-19(13(8-10)15(22)23)14(21)11-2-4-12(5-3-11)20-9-16-17-18-20/h2-5,9-10,13H,6-8H2,1H3,(H,22,23). The summed E-state index contributed by atoms with van der Waals surface area (Å²) in [7, 11) is 0. The van der Waals surface area contributed by atoms with Crippen molar-refractivity contribution in [2.24, 2.45) is 5.92 Å². The molecular weight excluding hydrogens is 298 g/mol. The molecule has 1 amide bonds. The topological polar surface area (TPSA) is 101 Å².